The highest BCUT2D eigenvalue weighted by atomic mass is 19.4. The summed E-state index contributed by atoms with van der Waals surface area (Å²) in [5.74, 6) is 0. The van der Waals surface area contributed by atoms with Crippen LogP contribution in [0.5, 0.6) is 0 Å². The number of aliphatic hydroxyl groups is 1. The molecule has 1 aromatic carbocycles. The minimum atomic E-state index is -4.32. The number of alkyl halides is 3. The molecule has 0 aromatic heterocycles. The van der Waals surface area contributed by atoms with Gasteiger partial charge in [-0.1, -0.05) is 11.6 Å². The van der Waals surface area contributed by atoms with E-state index < -0.39 is 17.8 Å². The van der Waals surface area contributed by atoms with Gasteiger partial charge in [0.15, 0.2) is 0 Å². The average molecular weight is 216 g/mol. The molecular formula is C11H11F3O. The van der Waals surface area contributed by atoms with Crippen LogP contribution in [0.2, 0.25) is 0 Å². The molecule has 0 bridgehead atoms. The first kappa shape index (κ1) is 10.5. The van der Waals surface area contributed by atoms with E-state index in [4.69, 9.17) is 0 Å². The van der Waals surface area contributed by atoms with Gasteiger partial charge < -0.3 is 5.11 Å². The minimum absolute atomic E-state index is 0.264. The second-order valence-electron chi connectivity index (χ2n) is 3.93. The van der Waals surface area contributed by atoms with E-state index in [2.05, 4.69) is 0 Å². The first-order valence-corrected chi connectivity index (χ1v) is 4.78. The van der Waals surface area contributed by atoms with Gasteiger partial charge in [0.2, 0.25) is 0 Å². The molecule has 0 spiro atoms. The van der Waals surface area contributed by atoms with Crippen molar-refractivity contribution in [2.75, 3.05) is 0 Å². The summed E-state index contributed by atoms with van der Waals surface area (Å²) in [7, 11) is 0. The van der Waals surface area contributed by atoms with Crippen LogP contribution in [-0.4, -0.2) is 5.11 Å². The van der Waals surface area contributed by atoms with Crippen LogP contribution >= 0.6 is 0 Å². The van der Waals surface area contributed by atoms with Crippen molar-refractivity contribution in [1.82, 2.24) is 0 Å². The number of fused-ring (bicyclic) bond motifs is 1. The van der Waals surface area contributed by atoms with Gasteiger partial charge in [0.05, 0.1) is 11.7 Å². The summed E-state index contributed by atoms with van der Waals surface area (Å²) < 4.78 is 38.0. The maximum atomic E-state index is 12.7. The smallest absolute Gasteiger partial charge is 0.388 e. The lowest BCUT2D eigenvalue weighted by atomic mass is 9.99. The van der Waals surface area contributed by atoms with Gasteiger partial charge in [0.1, 0.15) is 0 Å². The van der Waals surface area contributed by atoms with E-state index in [0.717, 1.165) is 6.07 Å². The molecule has 0 saturated carbocycles. The van der Waals surface area contributed by atoms with Crippen molar-refractivity contribution in [3.05, 3.63) is 34.4 Å². The first-order valence-electron chi connectivity index (χ1n) is 4.78. The van der Waals surface area contributed by atoms with Crippen LogP contribution in [0.15, 0.2) is 12.1 Å². The standard InChI is InChI=1S/C11H11F3O/c1-6-4-8-7(2-3-10(8)15)9(5-6)11(12,13)14/h4-5,10,15H,2-3H2,1H3/t10-/m0/s1. The molecule has 1 aliphatic rings. The fourth-order valence-corrected chi connectivity index (χ4v) is 2.11. The Labute approximate surface area is 85.5 Å². The highest BCUT2D eigenvalue weighted by Crippen LogP contribution is 2.41. The van der Waals surface area contributed by atoms with Crippen LogP contribution in [0, 0.1) is 6.92 Å². The minimum Gasteiger partial charge on any atom is -0.388 e. The monoisotopic (exact) mass is 216 g/mol. The Morgan fingerprint density at radius 3 is 2.60 bits per heavy atom. The zero-order valence-corrected chi connectivity index (χ0v) is 8.23. The van der Waals surface area contributed by atoms with Crippen molar-refractivity contribution in [2.45, 2.75) is 32.0 Å². The predicted octanol–water partition coefficient (Wildman–Crippen LogP) is 2.99. The van der Waals surface area contributed by atoms with Gasteiger partial charge in [0, 0.05) is 0 Å². The zero-order chi connectivity index (χ0) is 11.2. The fourth-order valence-electron chi connectivity index (χ4n) is 2.11. The lowest BCUT2D eigenvalue weighted by Gasteiger charge is -2.13. The molecule has 0 saturated heterocycles. The molecule has 0 radical (unpaired) electrons. The predicted molar refractivity (Wildman–Crippen MR) is 49.5 cm³/mol. The van der Waals surface area contributed by atoms with Gasteiger partial charge in [-0.3, -0.25) is 0 Å². The topological polar surface area (TPSA) is 20.2 Å². The quantitative estimate of drug-likeness (QED) is 0.706. The third kappa shape index (κ3) is 1.74. The van der Waals surface area contributed by atoms with Crippen molar-refractivity contribution in [1.29, 1.82) is 0 Å². The molecule has 82 valence electrons. The molecule has 0 amide bonds. The van der Waals surface area contributed by atoms with Gasteiger partial charge in [-0.05, 0) is 37.0 Å². The number of benzene rings is 1. The van der Waals surface area contributed by atoms with Crippen LogP contribution in [0.4, 0.5) is 13.2 Å². The molecular weight excluding hydrogens is 205 g/mol. The number of aliphatic hydroxyl groups excluding tert-OH is 1. The third-order valence-corrected chi connectivity index (χ3v) is 2.76. The lowest BCUT2D eigenvalue weighted by Crippen LogP contribution is -2.09. The van der Waals surface area contributed by atoms with Crippen molar-refractivity contribution in [3.8, 4) is 0 Å². The van der Waals surface area contributed by atoms with Gasteiger partial charge in [-0.25, -0.2) is 0 Å². The van der Waals surface area contributed by atoms with E-state index in [-0.39, 0.29) is 5.56 Å². The Morgan fingerprint density at radius 2 is 2.00 bits per heavy atom. The molecule has 4 heteroatoms. The Morgan fingerprint density at radius 1 is 1.33 bits per heavy atom. The van der Waals surface area contributed by atoms with Crippen molar-refractivity contribution in [2.24, 2.45) is 0 Å². The van der Waals surface area contributed by atoms with Crippen molar-refractivity contribution < 1.29 is 18.3 Å². The van der Waals surface area contributed by atoms with E-state index in [0.29, 0.717) is 24.0 Å². The molecule has 1 N–H and O–H groups in total. The Balaban J connectivity index is 2.62. The van der Waals surface area contributed by atoms with Gasteiger partial charge in [0.25, 0.3) is 0 Å². The average Bonchev–Trinajstić information content (AvgIpc) is 2.45. The summed E-state index contributed by atoms with van der Waals surface area (Å²) >= 11 is 0. The highest BCUT2D eigenvalue weighted by molar-refractivity contribution is 5.44. The molecule has 0 aliphatic heterocycles. The SMILES string of the molecule is Cc1cc2c(c(C(F)(F)F)c1)CC[C@@H]2O. The Kier molecular flexibility index (Phi) is 2.26. The number of rotatable bonds is 0. The second-order valence-corrected chi connectivity index (χ2v) is 3.93. The van der Waals surface area contributed by atoms with Crippen LogP contribution in [0.3, 0.4) is 0 Å². The zero-order valence-electron chi connectivity index (χ0n) is 8.23. The van der Waals surface area contributed by atoms with Crippen molar-refractivity contribution in [3.63, 3.8) is 0 Å². The van der Waals surface area contributed by atoms with Gasteiger partial charge >= 0.3 is 6.18 Å². The summed E-state index contributed by atoms with van der Waals surface area (Å²) in [6.45, 7) is 1.61. The molecule has 1 nitrogen and oxygen atoms in total. The summed E-state index contributed by atoms with van der Waals surface area (Å²) in [6.07, 6.45) is -4.35. The summed E-state index contributed by atoms with van der Waals surface area (Å²) in [5, 5.41) is 9.53. The molecule has 1 aliphatic carbocycles. The molecule has 1 atom stereocenters. The first-order chi connectivity index (χ1) is 6.89. The Bertz CT molecular complexity index is 396. The normalized spacial score (nSPS) is 20.5. The van der Waals surface area contributed by atoms with E-state index in [1.807, 2.05) is 0 Å². The second kappa shape index (κ2) is 3.23. The van der Waals surface area contributed by atoms with Crippen LogP contribution < -0.4 is 0 Å². The fraction of sp³-hybridized carbons (Fsp3) is 0.455. The van der Waals surface area contributed by atoms with E-state index >= 15 is 0 Å². The number of hydrogen-bond acceptors (Lipinski definition) is 1. The number of halogens is 3. The maximum Gasteiger partial charge on any atom is 0.416 e. The summed E-state index contributed by atoms with van der Waals surface area (Å²) in [4.78, 5) is 0. The molecule has 15 heavy (non-hydrogen) atoms. The van der Waals surface area contributed by atoms with E-state index in [1.165, 1.54) is 0 Å². The van der Waals surface area contributed by atoms with E-state index in [9.17, 15) is 18.3 Å². The molecule has 0 heterocycles. The number of aryl methyl sites for hydroxylation is 1. The largest absolute Gasteiger partial charge is 0.416 e. The molecule has 0 fully saturated rings. The van der Waals surface area contributed by atoms with Crippen molar-refractivity contribution >= 4 is 0 Å². The van der Waals surface area contributed by atoms with E-state index in [1.54, 1.807) is 13.0 Å². The maximum absolute atomic E-state index is 12.7. The summed E-state index contributed by atoms with van der Waals surface area (Å²) in [5.41, 5.74) is 0.666. The molecule has 1 aromatic rings. The van der Waals surface area contributed by atoms with Crippen LogP contribution in [0.25, 0.3) is 0 Å². The van der Waals surface area contributed by atoms with Crippen LogP contribution in [-0.2, 0) is 12.6 Å². The lowest BCUT2D eigenvalue weighted by molar-refractivity contribution is -0.138. The van der Waals surface area contributed by atoms with Gasteiger partial charge in [-0.15, -0.1) is 0 Å². The highest BCUT2D eigenvalue weighted by Gasteiger charge is 2.37. The summed E-state index contributed by atoms with van der Waals surface area (Å²) in [6, 6.07) is 2.79. The number of hydrogen-bond donors (Lipinski definition) is 1. The van der Waals surface area contributed by atoms with Gasteiger partial charge in [-0.2, -0.15) is 13.2 Å². The third-order valence-electron chi connectivity index (χ3n) is 2.76. The van der Waals surface area contributed by atoms with Crippen LogP contribution in [0.1, 0.15) is 34.8 Å². The Hall–Kier alpha value is -1.03. The molecule has 0 unspecified atom stereocenters. The molecule has 2 rings (SSSR count).